The van der Waals surface area contributed by atoms with E-state index in [9.17, 15) is 15.2 Å². The number of carbonyl (C=O) groups excluding carboxylic acids is 1. The van der Waals surface area contributed by atoms with Crippen molar-refractivity contribution < 1.29 is 9.90 Å². The lowest BCUT2D eigenvalue weighted by Gasteiger charge is -2.18. The molecule has 24 heavy (non-hydrogen) atoms. The van der Waals surface area contributed by atoms with E-state index in [0.717, 1.165) is 5.56 Å². The van der Waals surface area contributed by atoms with Crippen molar-refractivity contribution in [3.05, 3.63) is 77.0 Å². The summed E-state index contributed by atoms with van der Waals surface area (Å²) < 4.78 is 0. The van der Waals surface area contributed by atoms with Gasteiger partial charge in [0.25, 0.3) is 0 Å². The van der Waals surface area contributed by atoms with Crippen LogP contribution in [0.4, 0.5) is 5.69 Å². The first kappa shape index (κ1) is 15.8. The molecular weight excluding hydrogens is 302 g/mol. The van der Waals surface area contributed by atoms with Gasteiger partial charge in [-0.05, 0) is 11.6 Å². The first-order valence-electron chi connectivity index (χ1n) is 7.64. The van der Waals surface area contributed by atoms with Gasteiger partial charge in [-0.1, -0.05) is 42.5 Å². The predicted octanol–water partition coefficient (Wildman–Crippen LogP) is 2.39. The molecule has 0 fully saturated rings. The first-order chi connectivity index (χ1) is 11.7. The number of nitrogens with one attached hydrogen (secondary N) is 1. The van der Waals surface area contributed by atoms with E-state index in [1.54, 1.807) is 23.1 Å². The molecule has 0 unspecified atom stereocenters. The highest BCUT2D eigenvalue weighted by atomic mass is 16.3. The number of nitrogens with zero attached hydrogens (tertiary/aromatic N) is 2. The minimum absolute atomic E-state index is 0.0682. The molecule has 2 N–H and O–H groups in total. The second-order valence-corrected chi connectivity index (χ2v) is 5.58. The van der Waals surface area contributed by atoms with Gasteiger partial charge in [0.2, 0.25) is 5.91 Å². The molecule has 1 aliphatic heterocycles. The van der Waals surface area contributed by atoms with Gasteiger partial charge in [0.15, 0.2) is 0 Å². The predicted molar refractivity (Wildman–Crippen MR) is 90.6 cm³/mol. The molecule has 0 saturated heterocycles. The third kappa shape index (κ3) is 3.29. The van der Waals surface area contributed by atoms with Gasteiger partial charge >= 0.3 is 0 Å². The molecule has 0 aliphatic carbocycles. The standard InChI is InChI=1S/C19H17N3O2/c20-10-15-7-4-8-16(13-23)19(15)21-17-9-18(24)22(12-17)11-14-5-2-1-3-6-14/h1-9,21,23H,11-13H2. The Hall–Kier alpha value is -3.10. The van der Waals surface area contributed by atoms with Crippen LogP contribution in [0.3, 0.4) is 0 Å². The number of para-hydroxylation sites is 1. The van der Waals surface area contributed by atoms with Crippen molar-refractivity contribution in [3.8, 4) is 6.07 Å². The Morgan fingerprint density at radius 3 is 2.67 bits per heavy atom. The minimum Gasteiger partial charge on any atom is -0.392 e. The molecule has 0 radical (unpaired) electrons. The lowest BCUT2D eigenvalue weighted by atomic mass is 10.1. The normalized spacial score (nSPS) is 13.6. The van der Waals surface area contributed by atoms with Crippen LogP contribution in [0.1, 0.15) is 16.7 Å². The summed E-state index contributed by atoms with van der Waals surface area (Å²) in [6, 6.07) is 17.1. The quantitative estimate of drug-likeness (QED) is 0.887. The van der Waals surface area contributed by atoms with E-state index in [4.69, 9.17) is 0 Å². The summed E-state index contributed by atoms with van der Waals surface area (Å²) in [5, 5.41) is 21.8. The Morgan fingerprint density at radius 1 is 1.17 bits per heavy atom. The molecule has 0 aromatic heterocycles. The van der Waals surface area contributed by atoms with E-state index >= 15 is 0 Å². The van der Waals surface area contributed by atoms with Gasteiger partial charge in [-0.2, -0.15) is 5.26 Å². The van der Waals surface area contributed by atoms with Crippen LogP contribution in [0.25, 0.3) is 0 Å². The second kappa shape index (κ2) is 6.99. The smallest absolute Gasteiger partial charge is 0.249 e. The third-order valence-electron chi connectivity index (χ3n) is 3.91. The first-order valence-corrected chi connectivity index (χ1v) is 7.64. The van der Waals surface area contributed by atoms with Crippen molar-refractivity contribution in [3.63, 3.8) is 0 Å². The van der Waals surface area contributed by atoms with E-state index in [1.807, 2.05) is 30.3 Å². The number of aliphatic hydroxyl groups excluding tert-OH is 1. The van der Waals surface area contributed by atoms with Crippen LogP contribution in [0.2, 0.25) is 0 Å². The molecular formula is C19H17N3O2. The van der Waals surface area contributed by atoms with Crippen LogP contribution in [-0.4, -0.2) is 22.5 Å². The molecule has 120 valence electrons. The maximum atomic E-state index is 12.2. The van der Waals surface area contributed by atoms with Crippen molar-refractivity contribution in [1.82, 2.24) is 4.90 Å². The SMILES string of the molecule is N#Cc1cccc(CO)c1NC1=CC(=O)N(Cc2ccccc2)C1. The minimum atomic E-state index is -0.174. The van der Waals surface area contributed by atoms with Crippen LogP contribution in [-0.2, 0) is 17.9 Å². The number of hydrogen-bond acceptors (Lipinski definition) is 4. The maximum Gasteiger partial charge on any atom is 0.249 e. The van der Waals surface area contributed by atoms with Crippen molar-refractivity contribution in [2.75, 3.05) is 11.9 Å². The Bertz CT molecular complexity index is 822. The summed E-state index contributed by atoms with van der Waals surface area (Å²) >= 11 is 0. The van der Waals surface area contributed by atoms with E-state index in [1.165, 1.54) is 6.08 Å². The number of carbonyl (C=O) groups is 1. The van der Waals surface area contributed by atoms with Gasteiger partial charge in [-0.15, -0.1) is 0 Å². The van der Waals surface area contributed by atoms with Crippen molar-refractivity contribution in [2.45, 2.75) is 13.2 Å². The maximum absolute atomic E-state index is 12.2. The molecule has 1 amide bonds. The molecule has 0 atom stereocenters. The average Bonchev–Trinajstić information content (AvgIpc) is 2.95. The molecule has 1 heterocycles. The van der Waals surface area contributed by atoms with Gasteiger partial charge in [0.1, 0.15) is 6.07 Å². The highest BCUT2D eigenvalue weighted by Gasteiger charge is 2.22. The highest BCUT2D eigenvalue weighted by Crippen LogP contribution is 2.24. The van der Waals surface area contributed by atoms with Gasteiger partial charge in [-0.3, -0.25) is 4.79 Å². The Balaban J connectivity index is 1.75. The molecule has 3 rings (SSSR count). The van der Waals surface area contributed by atoms with Crippen molar-refractivity contribution in [2.24, 2.45) is 0 Å². The topological polar surface area (TPSA) is 76.4 Å². The molecule has 0 spiro atoms. The van der Waals surface area contributed by atoms with E-state index in [2.05, 4.69) is 11.4 Å². The summed E-state index contributed by atoms with van der Waals surface area (Å²) in [5.41, 5.74) is 3.41. The summed E-state index contributed by atoms with van der Waals surface area (Å²) in [4.78, 5) is 13.9. The fraction of sp³-hybridized carbons (Fsp3) is 0.158. The zero-order chi connectivity index (χ0) is 16.9. The van der Waals surface area contributed by atoms with Gasteiger partial charge in [0.05, 0.1) is 24.4 Å². The zero-order valence-corrected chi connectivity index (χ0v) is 13.1. The Morgan fingerprint density at radius 2 is 1.96 bits per heavy atom. The number of hydrogen-bond donors (Lipinski definition) is 2. The van der Waals surface area contributed by atoms with Gasteiger partial charge in [0, 0.05) is 23.9 Å². The van der Waals surface area contributed by atoms with Crippen LogP contribution < -0.4 is 5.32 Å². The van der Waals surface area contributed by atoms with Crippen molar-refractivity contribution in [1.29, 1.82) is 5.26 Å². The van der Waals surface area contributed by atoms with E-state index in [0.29, 0.717) is 35.6 Å². The number of anilines is 1. The largest absolute Gasteiger partial charge is 0.392 e. The molecule has 5 heteroatoms. The number of nitriles is 1. The molecule has 0 bridgehead atoms. The van der Waals surface area contributed by atoms with Crippen LogP contribution >= 0.6 is 0 Å². The third-order valence-corrected chi connectivity index (χ3v) is 3.91. The summed E-state index contributed by atoms with van der Waals surface area (Å²) in [6.07, 6.45) is 1.54. The lowest BCUT2D eigenvalue weighted by Crippen LogP contribution is -2.26. The van der Waals surface area contributed by atoms with E-state index < -0.39 is 0 Å². The van der Waals surface area contributed by atoms with Crippen LogP contribution in [0.5, 0.6) is 0 Å². The zero-order valence-electron chi connectivity index (χ0n) is 13.1. The van der Waals surface area contributed by atoms with Crippen LogP contribution in [0.15, 0.2) is 60.3 Å². The number of benzene rings is 2. The van der Waals surface area contributed by atoms with Crippen molar-refractivity contribution >= 4 is 11.6 Å². The molecule has 0 saturated carbocycles. The fourth-order valence-electron chi connectivity index (χ4n) is 2.72. The summed E-state index contributed by atoms with van der Waals surface area (Å²) in [6.45, 7) is 0.805. The number of amides is 1. The second-order valence-electron chi connectivity index (χ2n) is 5.58. The Labute approximate surface area is 140 Å². The molecule has 2 aromatic carbocycles. The lowest BCUT2D eigenvalue weighted by molar-refractivity contribution is -0.125. The average molecular weight is 319 g/mol. The van der Waals surface area contributed by atoms with Gasteiger partial charge < -0.3 is 15.3 Å². The van der Waals surface area contributed by atoms with E-state index in [-0.39, 0.29) is 12.5 Å². The summed E-state index contributed by atoms with van der Waals surface area (Å²) in [5.74, 6) is -0.0682. The number of aliphatic hydroxyl groups is 1. The van der Waals surface area contributed by atoms with Crippen LogP contribution in [0, 0.1) is 11.3 Å². The van der Waals surface area contributed by atoms with Gasteiger partial charge in [-0.25, -0.2) is 0 Å². The number of rotatable bonds is 5. The molecule has 2 aromatic rings. The summed E-state index contributed by atoms with van der Waals surface area (Å²) in [7, 11) is 0. The highest BCUT2D eigenvalue weighted by molar-refractivity contribution is 5.92. The molecule has 1 aliphatic rings. The fourth-order valence-corrected chi connectivity index (χ4v) is 2.72. The monoisotopic (exact) mass is 319 g/mol. The molecule has 5 nitrogen and oxygen atoms in total. The Kier molecular flexibility index (Phi) is 4.59.